The van der Waals surface area contributed by atoms with E-state index in [9.17, 15) is 18.5 Å². The van der Waals surface area contributed by atoms with Crippen LogP contribution in [0.2, 0.25) is 0 Å². The predicted octanol–water partition coefficient (Wildman–Crippen LogP) is 1.60. The highest BCUT2D eigenvalue weighted by Crippen LogP contribution is 2.43. The molecule has 0 radical (unpaired) electrons. The van der Waals surface area contributed by atoms with Crippen molar-refractivity contribution < 1.29 is 13.2 Å². The zero-order valence-corrected chi connectivity index (χ0v) is 16.9. The lowest BCUT2D eigenvalue weighted by Gasteiger charge is -2.32. The van der Waals surface area contributed by atoms with Crippen LogP contribution in [0, 0.1) is 17.2 Å². The van der Waals surface area contributed by atoms with Crippen molar-refractivity contribution in [3.63, 3.8) is 0 Å². The van der Waals surface area contributed by atoms with E-state index < -0.39 is 15.4 Å². The Kier molecular flexibility index (Phi) is 5.17. The van der Waals surface area contributed by atoms with Gasteiger partial charge < -0.3 is 4.90 Å². The maximum Gasteiger partial charge on any atom is 0.223 e. The summed E-state index contributed by atoms with van der Waals surface area (Å²) in [7, 11) is -3.01. The standard InChI is InChI=1S/C19H27N5O3S/c20-14-19(6-7-19)24-13-17(21-22-24)16(15-4-2-1-3-5-15)12-18(25)23-8-10-28(26,27)11-9-23/h13,15-16H,1-12H2/t16-/m0/s1. The summed E-state index contributed by atoms with van der Waals surface area (Å²) in [6.45, 7) is 0.561. The van der Waals surface area contributed by atoms with E-state index in [2.05, 4.69) is 16.4 Å². The lowest BCUT2D eigenvalue weighted by molar-refractivity contribution is -0.131. The summed E-state index contributed by atoms with van der Waals surface area (Å²) in [5.41, 5.74) is 0.250. The number of carbonyl (C=O) groups excluding carboxylic acids is 1. The molecule has 3 aliphatic rings. The molecule has 3 fully saturated rings. The summed E-state index contributed by atoms with van der Waals surface area (Å²) < 4.78 is 25.0. The van der Waals surface area contributed by atoms with Crippen LogP contribution in [-0.2, 0) is 20.2 Å². The number of rotatable bonds is 5. The van der Waals surface area contributed by atoms with Gasteiger partial charge in [0, 0.05) is 25.4 Å². The highest BCUT2D eigenvalue weighted by Gasteiger charge is 2.47. The Hall–Kier alpha value is -1.95. The van der Waals surface area contributed by atoms with Crippen LogP contribution in [-0.4, -0.2) is 58.8 Å². The van der Waals surface area contributed by atoms with E-state index in [1.807, 2.05) is 6.20 Å². The number of hydrogen-bond donors (Lipinski definition) is 0. The molecule has 0 unspecified atom stereocenters. The largest absolute Gasteiger partial charge is 0.341 e. The van der Waals surface area contributed by atoms with Gasteiger partial charge in [-0.25, -0.2) is 13.1 Å². The van der Waals surface area contributed by atoms with Crippen molar-refractivity contribution in [2.24, 2.45) is 5.92 Å². The van der Waals surface area contributed by atoms with E-state index in [0.29, 0.717) is 12.3 Å². The fraction of sp³-hybridized carbons (Fsp3) is 0.789. The monoisotopic (exact) mass is 405 g/mol. The van der Waals surface area contributed by atoms with E-state index in [4.69, 9.17) is 0 Å². The molecule has 1 saturated heterocycles. The third-order valence-electron chi connectivity index (χ3n) is 6.57. The van der Waals surface area contributed by atoms with Crippen LogP contribution in [0.1, 0.15) is 63.0 Å². The van der Waals surface area contributed by atoms with Crippen molar-refractivity contribution in [1.29, 1.82) is 5.26 Å². The van der Waals surface area contributed by atoms with Gasteiger partial charge in [-0.15, -0.1) is 5.10 Å². The molecule has 152 valence electrons. The van der Waals surface area contributed by atoms with Crippen molar-refractivity contribution in [2.75, 3.05) is 24.6 Å². The normalized spacial score (nSPS) is 25.0. The molecule has 0 bridgehead atoms. The Labute approximate surface area is 165 Å². The van der Waals surface area contributed by atoms with Gasteiger partial charge >= 0.3 is 0 Å². The molecule has 4 rings (SSSR count). The average molecular weight is 406 g/mol. The molecule has 0 spiro atoms. The second kappa shape index (κ2) is 7.47. The Bertz CT molecular complexity index is 864. The zero-order valence-electron chi connectivity index (χ0n) is 16.1. The molecule has 8 nitrogen and oxygen atoms in total. The van der Waals surface area contributed by atoms with E-state index in [1.165, 1.54) is 6.42 Å². The molecule has 1 aromatic rings. The van der Waals surface area contributed by atoms with Gasteiger partial charge in [0.25, 0.3) is 0 Å². The van der Waals surface area contributed by atoms with Gasteiger partial charge in [0.15, 0.2) is 15.4 Å². The summed E-state index contributed by atoms with van der Waals surface area (Å²) in [5.74, 6) is 0.464. The molecule has 2 saturated carbocycles. The molecule has 1 amide bonds. The topological polar surface area (TPSA) is 109 Å². The number of hydrogen-bond acceptors (Lipinski definition) is 6. The number of nitrogens with zero attached hydrogens (tertiary/aromatic N) is 5. The second-order valence-corrected chi connectivity index (χ2v) is 10.8. The summed E-state index contributed by atoms with van der Waals surface area (Å²) in [5, 5.41) is 18.0. The molecule has 28 heavy (non-hydrogen) atoms. The first-order valence-electron chi connectivity index (χ1n) is 10.2. The first kappa shape index (κ1) is 19.4. The number of nitriles is 1. The van der Waals surface area contributed by atoms with E-state index in [1.54, 1.807) is 9.58 Å². The fourth-order valence-corrected chi connectivity index (χ4v) is 5.70. The Morgan fingerprint density at radius 2 is 1.93 bits per heavy atom. The number of carbonyl (C=O) groups is 1. The number of aromatic nitrogens is 3. The lowest BCUT2D eigenvalue weighted by atomic mass is 9.77. The summed E-state index contributed by atoms with van der Waals surface area (Å²) in [4.78, 5) is 14.6. The van der Waals surface area contributed by atoms with Crippen LogP contribution < -0.4 is 0 Å². The molecule has 1 aromatic heterocycles. The van der Waals surface area contributed by atoms with E-state index >= 15 is 0 Å². The first-order valence-corrected chi connectivity index (χ1v) is 12.1. The van der Waals surface area contributed by atoms with Crippen molar-refractivity contribution in [3.05, 3.63) is 11.9 Å². The van der Waals surface area contributed by atoms with Gasteiger partial charge in [-0.2, -0.15) is 5.26 Å². The Balaban J connectivity index is 1.51. The highest BCUT2D eigenvalue weighted by atomic mass is 32.2. The van der Waals surface area contributed by atoms with Gasteiger partial charge in [0.2, 0.25) is 5.91 Å². The quantitative estimate of drug-likeness (QED) is 0.736. The molecular weight excluding hydrogens is 378 g/mol. The third kappa shape index (κ3) is 3.93. The van der Waals surface area contributed by atoms with Crippen LogP contribution in [0.15, 0.2) is 6.20 Å². The van der Waals surface area contributed by atoms with Crippen molar-refractivity contribution in [1.82, 2.24) is 19.9 Å². The molecule has 9 heteroatoms. The summed E-state index contributed by atoms with van der Waals surface area (Å²) in [6.07, 6.45) is 9.48. The van der Waals surface area contributed by atoms with Gasteiger partial charge in [-0.3, -0.25) is 4.79 Å². The van der Waals surface area contributed by atoms with Crippen LogP contribution >= 0.6 is 0 Å². The molecular formula is C19H27N5O3S. The van der Waals surface area contributed by atoms with Crippen LogP contribution in [0.4, 0.5) is 0 Å². The Morgan fingerprint density at radius 1 is 1.25 bits per heavy atom. The van der Waals surface area contributed by atoms with E-state index in [-0.39, 0.29) is 36.4 Å². The van der Waals surface area contributed by atoms with Gasteiger partial charge in [0.1, 0.15) is 0 Å². The van der Waals surface area contributed by atoms with Gasteiger partial charge in [-0.1, -0.05) is 24.5 Å². The molecule has 2 aliphatic carbocycles. The van der Waals surface area contributed by atoms with Crippen molar-refractivity contribution in [2.45, 2.75) is 62.8 Å². The number of amides is 1. The van der Waals surface area contributed by atoms with Crippen LogP contribution in [0.5, 0.6) is 0 Å². The summed E-state index contributed by atoms with van der Waals surface area (Å²) >= 11 is 0. The predicted molar refractivity (Wildman–Crippen MR) is 102 cm³/mol. The number of sulfone groups is 1. The minimum atomic E-state index is -3.01. The fourth-order valence-electron chi connectivity index (χ4n) is 4.49. The Morgan fingerprint density at radius 3 is 2.54 bits per heavy atom. The highest BCUT2D eigenvalue weighted by molar-refractivity contribution is 7.91. The van der Waals surface area contributed by atoms with Crippen LogP contribution in [0.25, 0.3) is 0 Å². The first-order chi connectivity index (χ1) is 13.4. The SMILES string of the molecule is N#CC1(n2cc([C@@H](CC(=O)N3CCS(=O)(=O)CC3)C3CCCCC3)nn2)CC1. The second-order valence-electron chi connectivity index (χ2n) is 8.47. The minimum Gasteiger partial charge on any atom is -0.341 e. The zero-order chi connectivity index (χ0) is 19.8. The molecule has 1 aliphatic heterocycles. The average Bonchev–Trinajstić information content (AvgIpc) is 3.35. The van der Waals surface area contributed by atoms with Crippen molar-refractivity contribution >= 4 is 15.7 Å². The van der Waals surface area contributed by atoms with Gasteiger partial charge in [0.05, 0.1) is 29.5 Å². The lowest BCUT2D eigenvalue weighted by Crippen LogP contribution is -2.44. The minimum absolute atomic E-state index is 0.00134. The molecule has 0 aromatic carbocycles. The smallest absolute Gasteiger partial charge is 0.223 e. The molecule has 1 atom stereocenters. The van der Waals surface area contributed by atoms with Crippen molar-refractivity contribution in [3.8, 4) is 6.07 Å². The van der Waals surface area contributed by atoms with Crippen LogP contribution in [0.3, 0.4) is 0 Å². The summed E-state index contributed by atoms with van der Waals surface area (Å²) in [6, 6.07) is 2.33. The van der Waals surface area contributed by atoms with Gasteiger partial charge in [-0.05, 0) is 31.6 Å². The maximum absolute atomic E-state index is 12.9. The molecule has 0 N–H and O–H groups in total. The van der Waals surface area contributed by atoms with E-state index in [0.717, 1.165) is 44.2 Å². The molecule has 2 heterocycles. The third-order valence-corrected chi connectivity index (χ3v) is 8.18. The maximum atomic E-state index is 12.9.